The fraction of sp³-hybridized carbons (Fsp3) is 0.529. The largest absolute Gasteiger partial charge is 0.482 e. The van der Waals surface area contributed by atoms with Crippen molar-refractivity contribution in [3.63, 3.8) is 0 Å². The van der Waals surface area contributed by atoms with E-state index >= 15 is 0 Å². The number of carboxylic acids is 1. The lowest BCUT2D eigenvalue weighted by molar-refractivity contribution is -0.139. The summed E-state index contributed by atoms with van der Waals surface area (Å²) < 4.78 is 10.7. The normalized spacial score (nSPS) is 12.0. The molecule has 0 bridgehead atoms. The van der Waals surface area contributed by atoms with Gasteiger partial charge in [-0.1, -0.05) is 19.9 Å². The highest BCUT2D eigenvalue weighted by molar-refractivity contribution is 5.90. The van der Waals surface area contributed by atoms with Crippen molar-refractivity contribution in [3.05, 3.63) is 24.3 Å². The molecule has 0 aromatic heterocycles. The van der Waals surface area contributed by atoms with Gasteiger partial charge in [-0.05, 0) is 31.4 Å². The van der Waals surface area contributed by atoms with Crippen LogP contribution in [0.2, 0.25) is 0 Å². The molecular formula is C17H25NO5. The maximum Gasteiger partial charge on any atom is 0.341 e. The van der Waals surface area contributed by atoms with Crippen molar-refractivity contribution in [2.75, 3.05) is 18.5 Å². The van der Waals surface area contributed by atoms with Crippen molar-refractivity contribution in [1.29, 1.82) is 0 Å². The lowest BCUT2D eigenvalue weighted by Crippen LogP contribution is -2.18. The number of carbonyl (C=O) groups is 2. The Balaban J connectivity index is 2.36. The smallest absolute Gasteiger partial charge is 0.341 e. The lowest BCUT2D eigenvalue weighted by Gasteiger charge is -2.15. The summed E-state index contributed by atoms with van der Waals surface area (Å²) in [4.78, 5) is 22.3. The van der Waals surface area contributed by atoms with Crippen LogP contribution in [0, 0.1) is 5.92 Å². The molecule has 0 radical (unpaired) electrons. The number of hydrogen-bond donors (Lipinski definition) is 2. The first-order chi connectivity index (χ1) is 10.9. The van der Waals surface area contributed by atoms with E-state index in [0.29, 0.717) is 24.0 Å². The summed E-state index contributed by atoms with van der Waals surface area (Å²) in [6.45, 7) is 6.22. The quantitative estimate of drug-likeness (QED) is 0.691. The van der Waals surface area contributed by atoms with Gasteiger partial charge in [0, 0.05) is 11.8 Å². The standard InChI is InChI=1S/C17H25NO5/c1-12(2)9-13(3)22-8-7-16(19)18-14-5-4-6-15(10-14)23-11-17(20)21/h4-6,10,12-13H,7-9,11H2,1-3H3,(H,18,19)(H,20,21). The Morgan fingerprint density at radius 2 is 2.00 bits per heavy atom. The Morgan fingerprint density at radius 3 is 2.65 bits per heavy atom. The second-order valence-corrected chi connectivity index (χ2v) is 5.82. The molecule has 1 amide bonds. The van der Waals surface area contributed by atoms with Gasteiger partial charge in [-0.3, -0.25) is 4.79 Å². The summed E-state index contributed by atoms with van der Waals surface area (Å²) in [5.41, 5.74) is 0.563. The molecule has 0 fully saturated rings. The number of nitrogens with one attached hydrogen (secondary N) is 1. The molecule has 0 aliphatic carbocycles. The number of benzene rings is 1. The van der Waals surface area contributed by atoms with E-state index in [-0.39, 0.29) is 18.4 Å². The Morgan fingerprint density at radius 1 is 1.26 bits per heavy atom. The maximum atomic E-state index is 11.9. The van der Waals surface area contributed by atoms with Gasteiger partial charge in [-0.15, -0.1) is 0 Å². The molecule has 0 aliphatic heterocycles. The van der Waals surface area contributed by atoms with Gasteiger partial charge in [-0.25, -0.2) is 4.79 Å². The third-order valence-electron chi connectivity index (χ3n) is 3.01. The third-order valence-corrected chi connectivity index (χ3v) is 3.01. The predicted molar refractivity (Wildman–Crippen MR) is 87.7 cm³/mol. The van der Waals surface area contributed by atoms with E-state index in [4.69, 9.17) is 14.6 Å². The van der Waals surface area contributed by atoms with Gasteiger partial charge >= 0.3 is 5.97 Å². The minimum atomic E-state index is -1.05. The number of carboxylic acid groups (broad SMARTS) is 1. The summed E-state index contributed by atoms with van der Waals surface area (Å²) in [5, 5.41) is 11.3. The molecule has 0 aliphatic rings. The zero-order valence-corrected chi connectivity index (χ0v) is 13.9. The van der Waals surface area contributed by atoms with E-state index in [1.807, 2.05) is 6.92 Å². The van der Waals surface area contributed by atoms with Crippen molar-refractivity contribution in [2.24, 2.45) is 5.92 Å². The highest BCUT2D eigenvalue weighted by atomic mass is 16.5. The molecule has 0 heterocycles. The van der Waals surface area contributed by atoms with Crippen LogP contribution in [-0.2, 0) is 14.3 Å². The fourth-order valence-corrected chi connectivity index (χ4v) is 2.12. The number of aliphatic carboxylic acids is 1. The van der Waals surface area contributed by atoms with E-state index in [2.05, 4.69) is 19.2 Å². The summed E-state index contributed by atoms with van der Waals surface area (Å²) in [6.07, 6.45) is 1.36. The van der Waals surface area contributed by atoms with Gasteiger partial charge in [0.05, 0.1) is 19.1 Å². The monoisotopic (exact) mass is 323 g/mol. The van der Waals surface area contributed by atoms with Crippen LogP contribution in [-0.4, -0.2) is 36.3 Å². The molecule has 0 spiro atoms. The molecule has 1 atom stereocenters. The van der Waals surface area contributed by atoms with Gasteiger partial charge < -0.3 is 19.9 Å². The predicted octanol–water partition coefficient (Wildman–Crippen LogP) is 2.93. The minimum absolute atomic E-state index is 0.135. The fourth-order valence-electron chi connectivity index (χ4n) is 2.12. The number of hydrogen-bond acceptors (Lipinski definition) is 4. The van der Waals surface area contributed by atoms with Crippen molar-refractivity contribution in [1.82, 2.24) is 0 Å². The average Bonchev–Trinajstić information content (AvgIpc) is 2.44. The maximum absolute atomic E-state index is 11.9. The van der Waals surface area contributed by atoms with Crippen LogP contribution in [0.1, 0.15) is 33.6 Å². The average molecular weight is 323 g/mol. The number of ether oxygens (including phenoxy) is 2. The van der Waals surface area contributed by atoms with Crippen molar-refractivity contribution >= 4 is 17.6 Å². The topological polar surface area (TPSA) is 84.9 Å². The van der Waals surface area contributed by atoms with Crippen molar-refractivity contribution < 1.29 is 24.2 Å². The molecule has 23 heavy (non-hydrogen) atoms. The molecule has 0 saturated heterocycles. The Hall–Kier alpha value is -2.08. The SMILES string of the molecule is CC(C)CC(C)OCCC(=O)Nc1cccc(OCC(=O)O)c1. The van der Waals surface area contributed by atoms with Crippen LogP contribution in [0.15, 0.2) is 24.3 Å². The van der Waals surface area contributed by atoms with Crippen LogP contribution < -0.4 is 10.1 Å². The van der Waals surface area contributed by atoms with Crippen LogP contribution in [0.4, 0.5) is 5.69 Å². The van der Waals surface area contributed by atoms with E-state index in [1.54, 1.807) is 24.3 Å². The van der Waals surface area contributed by atoms with Gasteiger partial charge in [0.25, 0.3) is 0 Å². The van der Waals surface area contributed by atoms with Crippen molar-refractivity contribution in [2.45, 2.75) is 39.7 Å². The molecule has 1 aromatic carbocycles. The number of anilines is 1. The molecule has 1 unspecified atom stereocenters. The van der Waals surface area contributed by atoms with Crippen LogP contribution in [0.5, 0.6) is 5.75 Å². The molecule has 1 aromatic rings. The Labute approximate surface area is 136 Å². The zero-order chi connectivity index (χ0) is 17.2. The van der Waals surface area contributed by atoms with Gasteiger partial charge in [0.15, 0.2) is 6.61 Å². The first-order valence-corrected chi connectivity index (χ1v) is 7.73. The molecule has 6 heteroatoms. The second-order valence-electron chi connectivity index (χ2n) is 5.82. The van der Waals surface area contributed by atoms with Crippen LogP contribution >= 0.6 is 0 Å². The number of carbonyl (C=O) groups excluding carboxylic acids is 1. The number of rotatable bonds is 10. The van der Waals surface area contributed by atoms with Gasteiger partial charge in [0.1, 0.15) is 5.75 Å². The van der Waals surface area contributed by atoms with E-state index in [9.17, 15) is 9.59 Å². The minimum Gasteiger partial charge on any atom is -0.482 e. The molecule has 128 valence electrons. The summed E-state index contributed by atoms with van der Waals surface area (Å²) in [7, 11) is 0. The first kappa shape index (κ1) is 19.0. The summed E-state index contributed by atoms with van der Waals surface area (Å²) in [6, 6.07) is 6.63. The number of amides is 1. The molecule has 0 saturated carbocycles. The third kappa shape index (κ3) is 8.83. The summed E-state index contributed by atoms with van der Waals surface area (Å²) in [5.74, 6) is -0.247. The molecule has 2 N–H and O–H groups in total. The molecular weight excluding hydrogens is 298 g/mol. The second kappa shape index (κ2) is 9.84. The Bertz CT molecular complexity index is 515. The van der Waals surface area contributed by atoms with E-state index in [1.165, 1.54) is 0 Å². The van der Waals surface area contributed by atoms with E-state index < -0.39 is 12.6 Å². The molecule has 6 nitrogen and oxygen atoms in total. The van der Waals surface area contributed by atoms with Crippen LogP contribution in [0.25, 0.3) is 0 Å². The lowest BCUT2D eigenvalue weighted by atomic mass is 10.1. The zero-order valence-electron chi connectivity index (χ0n) is 13.9. The Kier molecular flexibility index (Phi) is 8.11. The summed E-state index contributed by atoms with van der Waals surface area (Å²) >= 11 is 0. The first-order valence-electron chi connectivity index (χ1n) is 7.73. The van der Waals surface area contributed by atoms with Crippen LogP contribution in [0.3, 0.4) is 0 Å². The van der Waals surface area contributed by atoms with Gasteiger partial charge in [0.2, 0.25) is 5.91 Å². The van der Waals surface area contributed by atoms with Crippen molar-refractivity contribution in [3.8, 4) is 5.75 Å². The highest BCUT2D eigenvalue weighted by Crippen LogP contribution is 2.17. The van der Waals surface area contributed by atoms with E-state index in [0.717, 1.165) is 6.42 Å². The highest BCUT2D eigenvalue weighted by Gasteiger charge is 2.08. The van der Waals surface area contributed by atoms with Gasteiger partial charge in [-0.2, -0.15) is 0 Å². The molecule has 1 rings (SSSR count).